The number of hydrogen-bond donors (Lipinski definition) is 2. The van der Waals surface area contributed by atoms with Gasteiger partial charge >= 0.3 is 6.18 Å². The number of anilines is 2. The van der Waals surface area contributed by atoms with E-state index in [1.54, 1.807) is 19.0 Å². The van der Waals surface area contributed by atoms with Gasteiger partial charge in [-0.15, -0.1) is 11.3 Å². The summed E-state index contributed by atoms with van der Waals surface area (Å²) < 4.78 is 87.3. The number of benzene rings is 1. The molecule has 3 atom stereocenters. The molecule has 0 bridgehead atoms. The molecule has 8 nitrogen and oxygen atoms in total. The van der Waals surface area contributed by atoms with Crippen molar-refractivity contribution >= 4 is 50.3 Å². The average molecular weight is 543 g/mol. The van der Waals surface area contributed by atoms with E-state index in [9.17, 15) is 30.8 Å². The van der Waals surface area contributed by atoms with Gasteiger partial charge in [0.05, 0.1) is 16.8 Å². The van der Waals surface area contributed by atoms with Crippen molar-refractivity contribution in [2.75, 3.05) is 24.1 Å². The van der Waals surface area contributed by atoms with E-state index in [1.165, 1.54) is 11.6 Å². The summed E-state index contributed by atoms with van der Waals surface area (Å²) in [6.07, 6.45) is -4.28. The van der Waals surface area contributed by atoms with Crippen molar-refractivity contribution in [2.24, 2.45) is 0 Å². The highest BCUT2D eigenvalue weighted by molar-refractivity contribution is 7.93. The summed E-state index contributed by atoms with van der Waals surface area (Å²) in [5.41, 5.74) is -1.06. The summed E-state index contributed by atoms with van der Waals surface area (Å²) in [7, 11) is -1.21. The van der Waals surface area contributed by atoms with Crippen molar-refractivity contribution < 1.29 is 35.5 Å². The average Bonchev–Trinajstić information content (AvgIpc) is 3.21. The van der Waals surface area contributed by atoms with Crippen LogP contribution in [0.15, 0.2) is 40.3 Å². The first-order valence-electron chi connectivity index (χ1n) is 9.55. The quantitative estimate of drug-likeness (QED) is 0.296. The van der Waals surface area contributed by atoms with E-state index in [-0.39, 0.29) is 22.3 Å². The Labute approximate surface area is 201 Å². The van der Waals surface area contributed by atoms with Crippen molar-refractivity contribution in [1.29, 1.82) is 0 Å². The third-order valence-electron chi connectivity index (χ3n) is 5.03. The number of halogens is 5. The molecule has 2 aromatic rings. The maximum absolute atomic E-state index is 14.8. The minimum Gasteiger partial charge on any atom is -0.459 e. The fourth-order valence-corrected chi connectivity index (χ4v) is 5.78. The Morgan fingerprint density at radius 3 is 2.59 bits per heavy atom. The number of rotatable bonds is 8. The number of hydrogen-bond acceptors (Lipinski definition) is 8. The zero-order chi connectivity index (χ0) is 25.3. The van der Waals surface area contributed by atoms with Gasteiger partial charge in [-0.3, -0.25) is 9.52 Å². The van der Waals surface area contributed by atoms with Crippen molar-refractivity contribution in [3.05, 3.63) is 46.2 Å². The number of alkyl halides is 3. The molecule has 1 aromatic heterocycles. The zero-order valence-electron chi connectivity index (χ0n) is 17.6. The second-order valence-electron chi connectivity index (χ2n) is 7.50. The van der Waals surface area contributed by atoms with E-state index in [4.69, 9.17) is 16.3 Å². The van der Waals surface area contributed by atoms with Crippen LogP contribution in [-0.4, -0.2) is 63.2 Å². The molecular formula is C19H19ClF4N4O4S2. The highest BCUT2D eigenvalue weighted by Crippen LogP contribution is 2.38. The van der Waals surface area contributed by atoms with Crippen LogP contribution in [0.3, 0.4) is 0 Å². The molecular weight excluding hydrogens is 524 g/mol. The molecule has 0 aliphatic heterocycles. The van der Waals surface area contributed by atoms with Crippen LogP contribution in [0.5, 0.6) is 0 Å². The first kappa shape index (κ1) is 26.2. The van der Waals surface area contributed by atoms with Gasteiger partial charge in [-0.1, -0.05) is 11.6 Å². The van der Waals surface area contributed by atoms with Crippen LogP contribution in [-0.2, 0) is 19.6 Å². The summed E-state index contributed by atoms with van der Waals surface area (Å²) in [5, 5.41) is 4.05. The number of nitrogens with one attached hydrogen (secondary N) is 2. The third-order valence-corrected chi connectivity index (χ3v) is 7.52. The van der Waals surface area contributed by atoms with Crippen molar-refractivity contribution in [3.8, 4) is 0 Å². The smallest absolute Gasteiger partial charge is 0.412 e. The maximum atomic E-state index is 14.8. The normalized spacial score (nSPS) is 21.2. The fourth-order valence-electron chi connectivity index (χ4n) is 3.62. The summed E-state index contributed by atoms with van der Waals surface area (Å²) in [4.78, 5) is 15.5. The first-order valence-corrected chi connectivity index (χ1v) is 12.3. The van der Waals surface area contributed by atoms with E-state index in [0.29, 0.717) is 0 Å². The van der Waals surface area contributed by atoms with Crippen LogP contribution in [0, 0.1) is 5.82 Å². The van der Waals surface area contributed by atoms with Gasteiger partial charge in [0, 0.05) is 23.2 Å². The van der Waals surface area contributed by atoms with Crippen LogP contribution in [0.25, 0.3) is 0 Å². The number of carbonyl (C=O) groups excluding carboxylic acids is 1. The van der Waals surface area contributed by atoms with E-state index in [2.05, 4.69) is 15.0 Å². The largest absolute Gasteiger partial charge is 0.459 e. The highest BCUT2D eigenvalue weighted by atomic mass is 35.5. The minimum atomic E-state index is -4.68. The lowest BCUT2D eigenvalue weighted by Crippen LogP contribution is -2.54. The summed E-state index contributed by atoms with van der Waals surface area (Å²) in [5.74, 6) is -1.18. The molecule has 1 aliphatic carbocycles. The van der Waals surface area contributed by atoms with Gasteiger partial charge in [0.1, 0.15) is 16.8 Å². The lowest BCUT2D eigenvalue weighted by molar-refractivity contribution is -0.136. The summed E-state index contributed by atoms with van der Waals surface area (Å²) in [6.45, 7) is 0.0514. The maximum Gasteiger partial charge on any atom is 0.412 e. The van der Waals surface area contributed by atoms with E-state index in [0.717, 1.165) is 29.5 Å². The van der Waals surface area contributed by atoms with Crippen molar-refractivity contribution in [3.63, 3.8) is 0 Å². The van der Waals surface area contributed by atoms with Gasteiger partial charge in [-0.05, 0) is 38.7 Å². The Bertz CT molecular complexity index is 1170. The standard InChI is InChI=1S/C19H19ClF4N4O4S2/c1-28(2)17-14(5-10(19(22,23)24)6-15(17)32-9-29)26-13-8-12(21)16(7-11(13)20)34(30,31)27-18-25-3-4-33-18/h3-4,6-9,14-15,17,26H,5H2,1-2H3,(H,25,27)/t14-,15?,17+/m1/s1. The Balaban J connectivity index is 1.94. The second-order valence-corrected chi connectivity index (χ2v) is 10.5. The summed E-state index contributed by atoms with van der Waals surface area (Å²) in [6, 6.07) is -0.158. The molecule has 15 heteroatoms. The molecule has 34 heavy (non-hydrogen) atoms. The van der Waals surface area contributed by atoms with E-state index in [1.807, 2.05) is 0 Å². The predicted molar refractivity (Wildman–Crippen MR) is 119 cm³/mol. The zero-order valence-corrected chi connectivity index (χ0v) is 20.0. The molecule has 2 N–H and O–H groups in total. The molecule has 0 spiro atoms. The van der Waals surface area contributed by atoms with Gasteiger partial charge in [-0.25, -0.2) is 17.8 Å². The number of carbonyl (C=O) groups is 1. The molecule has 3 rings (SSSR count). The molecule has 1 unspecified atom stereocenters. The summed E-state index contributed by atoms with van der Waals surface area (Å²) >= 11 is 7.17. The molecule has 1 heterocycles. The Morgan fingerprint density at radius 1 is 1.32 bits per heavy atom. The molecule has 186 valence electrons. The Morgan fingerprint density at radius 2 is 2.03 bits per heavy atom. The number of sulfonamides is 1. The number of thiazole rings is 1. The predicted octanol–water partition coefficient (Wildman–Crippen LogP) is 3.88. The Kier molecular flexibility index (Phi) is 7.75. The van der Waals surface area contributed by atoms with Crippen LogP contribution in [0.4, 0.5) is 28.4 Å². The molecule has 0 radical (unpaired) electrons. The number of ether oxygens (including phenoxy) is 1. The SMILES string of the molecule is CN(C)[C@@H]1C(OC=O)C=C(C(F)(F)F)C[C@H]1Nc1cc(F)c(S(=O)(=O)Nc2nccs2)cc1Cl. The van der Waals surface area contributed by atoms with Crippen molar-refractivity contribution in [1.82, 2.24) is 9.88 Å². The van der Waals surface area contributed by atoms with Gasteiger partial charge in [0.15, 0.2) is 5.13 Å². The first-order chi connectivity index (χ1) is 15.8. The van der Waals surface area contributed by atoms with Gasteiger partial charge in [0.2, 0.25) is 0 Å². The topological polar surface area (TPSA) is 101 Å². The van der Waals surface area contributed by atoms with Gasteiger partial charge < -0.3 is 15.0 Å². The van der Waals surface area contributed by atoms with E-state index >= 15 is 0 Å². The lowest BCUT2D eigenvalue weighted by atomic mass is 9.86. The number of likely N-dealkylation sites (N-methyl/N-ethyl adjacent to an activating group) is 1. The van der Waals surface area contributed by atoms with Crippen molar-refractivity contribution in [2.45, 2.75) is 35.7 Å². The van der Waals surface area contributed by atoms with Gasteiger partial charge in [0.25, 0.3) is 16.5 Å². The monoisotopic (exact) mass is 542 g/mol. The number of aromatic nitrogens is 1. The minimum absolute atomic E-state index is 0.0152. The second kappa shape index (κ2) is 10.1. The van der Waals surface area contributed by atoms with Crippen LogP contribution >= 0.6 is 22.9 Å². The highest BCUT2D eigenvalue weighted by Gasteiger charge is 2.44. The van der Waals surface area contributed by atoms with E-state index < -0.39 is 57.1 Å². The van der Waals surface area contributed by atoms with Crippen LogP contribution < -0.4 is 10.0 Å². The lowest BCUT2D eigenvalue weighted by Gasteiger charge is -2.41. The van der Waals surface area contributed by atoms with Crippen LogP contribution in [0.2, 0.25) is 5.02 Å². The van der Waals surface area contributed by atoms with Crippen LogP contribution in [0.1, 0.15) is 6.42 Å². The molecule has 0 amide bonds. The van der Waals surface area contributed by atoms with Gasteiger partial charge in [-0.2, -0.15) is 13.2 Å². The molecule has 0 fully saturated rings. The number of nitrogens with zero attached hydrogens (tertiary/aromatic N) is 2. The fraction of sp³-hybridized carbons (Fsp3) is 0.368. The Hall–Kier alpha value is -2.42. The molecule has 1 aromatic carbocycles. The third kappa shape index (κ3) is 5.79. The molecule has 0 saturated heterocycles. The molecule has 1 aliphatic rings. The molecule has 0 saturated carbocycles.